The largest absolute Gasteiger partial charge is 0.494 e. The normalized spacial score (nSPS) is 10.5. The van der Waals surface area contributed by atoms with E-state index in [0.717, 1.165) is 18.5 Å². The molecule has 1 aromatic heterocycles. The molecule has 0 aliphatic carbocycles. The van der Waals surface area contributed by atoms with Gasteiger partial charge in [-0.05, 0) is 49.2 Å². The molecule has 0 saturated heterocycles. The SMILES string of the molecule is O=C(NCCCCOc1ccc(F)cc1)c1cnn(-c2ccccc2)c1. The molecule has 0 bridgehead atoms. The number of hydrogen-bond acceptors (Lipinski definition) is 3. The number of ether oxygens (including phenoxy) is 1. The average Bonchev–Trinajstić information content (AvgIpc) is 3.17. The number of unbranched alkanes of at least 4 members (excludes halogenated alkanes) is 1. The Kier molecular flexibility index (Phi) is 5.98. The van der Waals surface area contributed by atoms with Crippen LogP contribution in [0.4, 0.5) is 4.39 Å². The maximum atomic E-state index is 12.8. The predicted molar refractivity (Wildman–Crippen MR) is 97.0 cm³/mol. The third-order valence-electron chi connectivity index (χ3n) is 3.80. The van der Waals surface area contributed by atoms with Crippen LogP contribution in [0, 0.1) is 5.82 Å². The van der Waals surface area contributed by atoms with Crippen LogP contribution in [-0.4, -0.2) is 28.8 Å². The van der Waals surface area contributed by atoms with Gasteiger partial charge in [-0.2, -0.15) is 5.10 Å². The number of carbonyl (C=O) groups excluding carboxylic acids is 1. The molecule has 26 heavy (non-hydrogen) atoms. The van der Waals surface area contributed by atoms with Gasteiger partial charge >= 0.3 is 0 Å². The molecule has 0 fully saturated rings. The Hall–Kier alpha value is -3.15. The molecule has 6 heteroatoms. The van der Waals surface area contributed by atoms with E-state index in [1.165, 1.54) is 12.1 Å². The molecule has 0 unspecified atom stereocenters. The molecule has 5 nitrogen and oxygen atoms in total. The van der Waals surface area contributed by atoms with Crippen LogP contribution in [0.3, 0.4) is 0 Å². The fourth-order valence-corrected chi connectivity index (χ4v) is 2.41. The number of nitrogens with one attached hydrogen (secondary N) is 1. The molecule has 1 N–H and O–H groups in total. The van der Waals surface area contributed by atoms with Crippen molar-refractivity contribution in [1.82, 2.24) is 15.1 Å². The number of para-hydroxylation sites is 1. The highest BCUT2D eigenvalue weighted by Crippen LogP contribution is 2.11. The Bertz CT molecular complexity index is 832. The average molecular weight is 353 g/mol. The van der Waals surface area contributed by atoms with Gasteiger partial charge in [0.15, 0.2) is 0 Å². The maximum absolute atomic E-state index is 12.8. The van der Waals surface area contributed by atoms with Crippen LogP contribution in [0.25, 0.3) is 5.69 Å². The van der Waals surface area contributed by atoms with E-state index in [9.17, 15) is 9.18 Å². The van der Waals surface area contributed by atoms with Gasteiger partial charge in [0.25, 0.3) is 5.91 Å². The molecule has 0 radical (unpaired) electrons. The summed E-state index contributed by atoms with van der Waals surface area (Å²) in [6.45, 7) is 1.08. The zero-order chi connectivity index (χ0) is 18.2. The zero-order valence-corrected chi connectivity index (χ0v) is 14.3. The fraction of sp³-hybridized carbons (Fsp3) is 0.200. The standard InChI is InChI=1S/C20H20FN3O2/c21-17-8-10-19(11-9-17)26-13-5-4-12-22-20(25)16-14-23-24(15-16)18-6-2-1-3-7-18/h1-3,6-11,14-15H,4-5,12-13H2,(H,22,25). The summed E-state index contributed by atoms with van der Waals surface area (Å²) in [7, 11) is 0. The fourth-order valence-electron chi connectivity index (χ4n) is 2.41. The first kappa shape index (κ1) is 17.7. The van der Waals surface area contributed by atoms with Crippen molar-refractivity contribution in [1.29, 1.82) is 0 Å². The van der Waals surface area contributed by atoms with E-state index < -0.39 is 0 Å². The molecule has 2 aromatic carbocycles. The summed E-state index contributed by atoms with van der Waals surface area (Å²) in [5.41, 5.74) is 1.43. The van der Waals surface area contributed by atoms with Crippen LogP contribution in [0.15, 0.2) is 67.0 Å². The smallest absolute Gasteiger partial charge is 0.254 e. The number of hydrogen-bond donors (Lipinski definition) is 1. The summed E-state index contributed by atoms with van der Waals surface area (Å²) in [4.78, 5) is 12.1. The van der Waals surface area contributed by atoms with Crippen molar-refractivity contribution in [3.05, 3.63) is 78.4 Å². The second-order valence-electron chi connectivity index (χ2n) is 5.77. The Morgan fingerprint density at radius 1 is 1.08 bits per heavy atom. The van der Waals surface area contributed by atoms with Crippen LogP contribution in [-0.2, 0) is 0 Å². The lowest BCUT2D eigenvalue weighted by Gasteiger charge is -2.06. The van der Waals surface area contributed by atoms with Crippen molar-refractivity contribution in [2.24, 2.45) is 0 Å². The summed E-state index contributed by atoms with van der Waals surface area (Å²) in [6, 6.07) is 15.6. The highest BCUT2D eigenvalue weighted by molar-refractivity contribution is 5.93. The molecule has 3 rings (SSSR count). The van der Waals surface area contributed by atoms with Gasteiger partial charge in [0.05, 0.1) is 24.1 Å². The summed E-state index contributed by atoms with van der Waals surface area (Å²) >= 11 is 0. The third kappa shape index (κ3) is 4.92. The van der Waals surface area contributed by atoms with E-state index in [1.54, 1.807) is 29.2 Å². The Labute approximate surface area is 151 Å². The highest BCUT2D eigenvalue weighted by Gasteiger charge is 2.08. The number of rotatable bonds is 8. The molecule has 0 saturated carbocycles. The zero-order valence-electron chi connectivity index (χ0n) is 14.3. The number of benzene rings is 2. The molecule has 1 heterocycles. The lowest BCUT2D eigenvalue weighted by molar-refractivity contribution is 0.0952. The third-order valence-corrected chi connectivity index (χ3v) is 3.80. The van der Waals surface area contributed by atoms with Crippen molar-refractivity contribution in [2.75, 3.05) is 13.2 Å². The first-order valence-corrected chi connectivity index (χ1v) is 8.49. The number of amides is 1. The van der Waals surface area contributed by atoms with E-state index in [4.69, 9.17) is 4.74 Å². The second-order valence-corrected chi connectivity index (χ2v) is 5.77. The quantitative estimate of drug-likeness (QED) is 0.630. The monoisotopic (exact) mass is 353 g/mol. The van der Waals surface area contributed by atoms with Gasteiger partial charge in [-0.3, -0.25) is 4.79 Å². The lowest BCUT2D eigenvalue weighted by atomic mass is 10.3. The Morgan fingerprint density at radius 3 is 2.62 bits per heavy atom. The molecular weight excluding hydrogens is 333 g/mol. The van der Waals surface area contributed by atoms with Gasteiger partial charge in [0, 0.05) is 12.7 Å². The second kappa shape index (κ2) is 8.80. The van der Waals surface area contributed by atoms with Gasteiger partial charge in [-0.1, -0.05) is 18.2 Å². The Balaban J connectivity index is 1.37. The maximum Gasteiger partial charge on any atom is 0.254 e. The Morgan fingerprint density at radius 2 is 1.85 bits per heavy atom. The molecular formula is C20H20FN3O2. The minimum atomic E-state index is -0.282. The number of halogens is 1. The summed E-state index contributed by atoms with van der Waals surface area (Å²) in [5, 5.41) is 7.09. The van der Waals surface area contributed by atoms with Gasteiger partial charge in [-0.25, -0.2) is 9.07 Å². The van der Waals surface area contributed by atoms with Crippen molar-refractivity contribution < 1.29 is 13.9 Å². The molecule has 0 atom stereocenters. The van der Waals surface area contributed by atoms with Gasteiger partial charge in [0.1, 0.15) is 11.6 Å². The van der Waals surface area contributed by atoms with Crippen molar-refractivity contribution in [2.45, 2.75) is 12.8 Å². The first-order chi connectivity index (χ1) is 12.7. The summed E-state index contributed by atoms with van der Waals surface area (Å²) < 4.78 is 20.0. The van der Waals surface area contributed by atoms with E-state index in [-0.39, 0.29) is 11.7 Å². The molecule has 134 valence electrons. The van der Waals surface area contributed by atoms with Gasteiger partial charge in [-0.15, -0.1) is 0 Å². The molecule has 0 aliphatic rings. The first-order valence-electron chi connectivity index (χ1n) is 8.49. The number of nitrogens with zero attached hydrogens (tertiary/aromatic N) is 2. The van der Waals surface area contributed by atoms with Gasteiger partial charge < -0.3 is 10.1 Å². The minimum Gasteiger partial charge on any atom is -0.494 e. The van der Waals surface area contributed by atoms with Crippen LogP contribution < -0.4 is 10.1 Å². The lowest BCUT2D eigenvalue weighted by Crippen LogP contribution is -2.24. The molecule has 1 amide bonds. The topological polar surface area (TPSA) is 56.1 Å². The number of aromatic nitrogens is 2. The van der Waals surface area contributed by atoms with Crippen LogP contribution in [0.2, 0.25) is 0 Å². The summed E-state index contributed by atoms with van der Waals surface area (Å²) in [5.74, 6) is 0.214. The van der Waals surface area contributed by atoms with E-state index >= 15 is 0 Å². The minimum absolute atomic E-state index is 0.147. The highest BCUT2D eigenvalue weighted by atomic mass is 19.1. The van der Waals surface area contributed by atoms with E-state index in [1.807, 2.05) is 30.3 Å². The van der Waals surface area contributed by atoms with Crippen molar-refractivity contribution >= 4 is 5.91 Å². The van der Waals surface area contributed by atoms with Crippen molar-refractivity contribution in [3.8, 4) is 11.4 Å². The molecule has 0 spiro atoms. The summed E-state index contributed by atoms with van der Waals surface area (Å²) in [6.07, 6.45) is 4.85. The molecule has 3 aromatic rings. The number of carbonyl (C=O) groups is 1. The van der Waals surface area contributed by atoms with Crippen LogP contribution >= 0.6 is 0 Å². The van der Waals surface area contributed by atoms with Gasteiger partial charge in [0.2, 0.25) is 0 Å². The van der Waals surface area contributed by atoms with Crippen molar-refractivity contribution in [3.63, 3.8) is 0 Å². The van der Waals surface area contributed by atoms with E-state index in [2.05, 4.69) is 10.4 Å². The van der Waals surface area contributed by atoms with Crippen LogP contribution in [0.5, 0.6) is 5.75 Å². The predicted octanol–water partition coefficient (Wildman–Crippen LogP) is 3.60. The molecule has 0 aliphatic heterocycles. The van der Waals surface area contributed by atoms with Crippen LogP contribution in [0.1, 0.15) is 23.2 Å². The van der Waals surface area contributed by atoms with E-state index in [0.29, 0.717) is 24.5 Å².